The van der Waals surface area contributed by atoms with Crippen LogP contribution in [0.25, 0.3) is 0 Å². The third-order valence-electron chi connectivity index (χ3n) is 14.0. The molecule has 0 aliphatic heterocycles. The van der Waals surface area contributed by atoms with Gasteiger partial charge in [-0.15, -0.1) is 0 Å². The average molecular weight is 1080 g/mol. The molecule has 0 N–H and O–H groups in total. The van der Waals surface area contributed by atoms with Crippen LogP contribution in [0.5, 0.6) is 0 Å². The standard InChI is InChI=1S/C72H122O6/c1-4-7-10-13-16-18-20-22-24-26-28-29-30-31-32-33-34-35-36-37-38-39-40-41-42-43-45-46-48-50-52-54-56-59-62-65-71(74)77-68-69(67-76-70(73)64-61-58-15-12-9-6-3)78-72(75)66-63-60-57-55-53-51-49-47-44-27-25-23-21-19-17-14-11-8-5-2/h7-8,10-11,16-19,22-25,28-29,31-32,44,47,69H,4-6,9,12-15,20-21,26-27,30,33-43,45-46,48-68H2,1-3H3/b10-7-,11-8-,18-16-,19-17-,24-22-,25-23-,29-28-,32-31-,47-44-. The van der Waals surface area contributed by atoms with E-state index in [1.54, 1.807) is 0 Å². The van der Waals surface area contributed by atoms with Crippen molar-refractivity contribution in [2.24, 2.45) is 0 Å². The molecule has 0 aromatic rings. The number of carbonyl (C=O) groups is 3. The summed E-state index contributed by atoms with van der Waals surface area (Å²) >= 11 is 0. The SMILES string of the molecule is CC/C=C\C/C=C\C/C=C\C/C=C\C/C=C\CCCCCCCCCCCCCCCCCCCCCC(=O)OCC(COC(=O)CCCCCCCC)OC(=O)CCCCCCCC/C=C\C/C=C\C/C=C\C/C=C\CC. The van der Waals surface area contributed by atoms with Gasteiger partial charge in [0.25, 0.3) is 0 Å². The fourth-order valence-electron chi connectivity index (χ4n) is 9.17. The van der Waals surface area contributed by atoms with Crippen molar-refractivity contribution in [3.05, 3.63) is 109 Å². The Morgan fingerprint density at radius 3 is 0.782 bits per heavy atom. The normalized spacial score (nSPS) is 12.8. The van der Waals surface area contributed by atoms with Gasteiger partial charge in [0, 0.05) is 19.3 Å². The van der Waals surface area contributed by atoms with E-state index in [2.05, 4.69) is 130 Å². The number of carbonyl (C=O) groups excluding carboxylic acids is 3. The van der Waals surface area contributed by atoms with Crippen LogP contribution in [0.4, 0.5) is 0 Å². The highest BCUT2D eigenvalue weighted by molar-refractivity contribution is 5.71. The van der Waals surface area contributed by atoms with Crippen LogP contribution in [0.1, 0.15) is 310 Å². The Labute approximate surface area is 482 Å². The lowest BCUT2D eigenvalue weighted by atomic mass is 10.0. The van der Waals surface area contributed by atoms with Gasteiger partial charge in [0.2, 0.25) is 0 Å². The highest BCUT2D eigenvalue weighted by Gasteiger charge is 2.19. The molecular weight excluding hydrogens is 961 g/mol. The van der Waals surface area contributed by atoms with Gasteiger partial charge in [-0.2, -0.15) is 0 Å². The highest BCUT2D eigenvalue weighted by Crippen LogP contribution is 2.17. The monoisotopic (exact) mass is 1080 g/mol. The molecule has 0 rings (SSSR count). The fourth-order valence-corrected chi connectivity index (χ4v) is 9.17. The zero-order valence-corrected chi connectivity index (χ0v) is 51.2. The van der Waals surface area contributed by atoms with Crippen LogP contribution in [0.15, 0.2) is 109 Å². The van der Waals surface area contributed by atoms with Crippen LogP contribution in [0, 0.1) is 0 Å². The van der Waals surface area contributed by atoms with Gasteiger partial charge in [0.1, 0.15) is 13.2 Å². The van der Waals surface area contributed by atoms with E-state index in [1.165, 1.54) is 141 Å². The number of unbranched alkanes of at least 4 members (excludes halogenated alkanes) is 30. The molecule has 1 unspecified atom stereocenters. The zero-order chi connectivity index (χ0) is 56.4. The van der Waals surface area contributed by atoms with Crippen molar-refractivity contribution in [1.82, 2.24) is 0 Å². The molecule has 0 amide bonds. The topological polar surface area (TPSA) is 78.9 Å². The first kappa shape index (κ1) is 74.1. The molecular formula is C72H122O6. The van der Waals surface area contributed by atoms with Gasteiger partial charge in [-0.25, -0.2) is 0 Å². The summed E-state index contributed by atoms with van der Waals surface area (Å²) in [5.74, 6) is -0.896. The lowest BCUT2D eigenvalue weighted by Gasteiger charge is -2.18. The highest BCUT2D eigenvalue weighted by atomic mass is 16.6. The third kappa shape index (κ3) is 62.9. The Hall–Kier alpha value is -3.93. The molecule has 0 saturated heterocycles. The van der Waals surface area contributed by atoms with E-state index in [4.69, 9.17) is 14.2 Å². The Kier molecular flexibility index (Phi) is 62.3. The largest absolute Gasteiger partial charge is 0.462 e. The summed E-state index contributed by atoms with van der Waals surface area (Å²) < 4.78 is 16.8. The molecule has 0 aliphatic carbocycles. The van der Waals surface area contributed by atoms with Crippen molar-refractivity contribution in [2.75, 3.05) is 13.2 Å². The van der Waals surface area contributed by atoms with Crippen molar-refractivity contribution >= 4 is 17.9 Å². The lowest BCUT2D eigenvalue weighted by molar-refractivity contribution is -0.167. The average Bonchev–Trinajstić information content (AvgIpc) is 3.44. The molecule has 1 atom stereocenters. The Morgan fingerprint density at radius 1 is 0.269 bits per heavy atom. The first-order valence-corrected chi connectivity index (χ1v) is 32.9. The van der Waals surface area contributed by atoms with Crippen LogP contribution in [0.3, 0.4) is 0 Å². The van der Waals surface area contributed by atoms with Crippen LogP contribution in [-0.2, 0) is 28.6 Å². The number of esters is 3. The second kappa shape index (κ2) is 65.6. The molecule has 446 valence electrons. The molecule has 0 aromatic carbocycles. The maximum absolute atomic E-state index is 12.8. The molecule has 6 heteroatoms. The number of hydrogen-bond donors (Lipinski definition) is 0. The number of hydrogen-bond acceptors (Lipinski definition) is 6. The predicted octanol–water partition coefficient (Wildman–Crippen LogP) is 22.6. The Balaban J connectivity index is 3.99. The molecule has 0 aromatic heterocycles. The van der Waals surface area contributed by atoms with E-state index in [0.29, 0.717) is 19.3 Å². The first-order valence-electron chi connectivity index (χ1n) is 32.9. The van der Waals surface area contributed by atoms with Gasteiger partial charge < -0.3 is 14.2 Å². The van der Waals surface area contributed by atoms with Crippen molar-refractivity contribution in [3.8, 4) is 0 Å². The molecule has 6 nitrogen and oxygen atoms in total. The van der Waals surface area contributed by atoms with Gasteiger partial charge in [0.05, 0.1) is 0 Å². The predicted molar refractivity (Wildman–Crippen MR) is 339 cm³/mol. The number of rotatable bonds is 59. The van der Waals surface area contributed by atoms with E-state index in [-0.39, 0.29) is 31.1 Å². The fraction of sp³-hybridized carbons (Fsp3) is 0.708. The van der Waals surface area contributed by atoms with E-state index in [0.717, 1.165) is 128 Å². The summed E-state index contributed by atoms with van der Waals surface area (Å²) in [6.45, 7) is 6.36. The Bertz CT molecular complexity index is 1570. The summed E-state index contributed by atoms with van der Waals surface area (Å²) in [4.78, 5) is 38.0. The van der Waals surface area contributed by atoms with E-state index in [9.17, 15) is 14.4 Å². The molecule has 0 saturated carbocycles. The number of allylic oxidation sites excluding steroid dienone is 18. The van der Waals surface area contributed by atoms with Gasteiger partial charge in [-0.3, -0.25) is 14.4 Å². The van der Waals surface area contributed by atoms with Crippen LogP contribution in [-0.4, -0.2) is 37.2 Å². The molecule has 0 radical (unpaired) electrons. The molecule has 0 bridgehead atoms. The van der Waals surface area contributed by atoms with Gasteiger partial charge >= 0.3 is 17.9 Å². The quantitative estimate of drug-likeness (QED) is 0.0261. The summed E-state index contributed by atoms with van der Waals surface area (Å²) in [6, 6.07) is 0. The molecule has 0 aliphatic rings. The van der Waals surface area contributed by atoms with E-state index < -0.39 is 6.10 Å². The minimum atomic E-state index is -0.782. The van der Waals surface area contributed by atoms with Gasteiger partial charge in [-0.1, -0.05) is 297 Å². The van der Waals surface area contributed by atoms with E-state index >= 15 is 0 Å². The molecule has 0 spiro atoms. The smallest absolute Gasteiger partial charge is 0.306 e. The minimum Gasteiger partial charge on any atom is -0.462 e. The minimum absolute atomic E-state index is 0.0809. The van der Waals surface area contributed by atoms with Crippen molar-refractivity contribution in [2.45, 2.75) is 316 Å². The summed E-state index contributed by atoms with van der Waals surface area (Å²) in [6.07, 6.45) is 90.1. The summed E-state index contributed by atoms with van der Waals surface area (Å²) in [5, 5.41) is 0. The van der Waals surface area contributed by atoms with Crippen molar-refractivity contribution in [1.29, 1.82) is 0 Å². The molecule has 0 heterocycles. The third-order valence-corrected chi connectivity index (χ3v) is 14.0. The molecule has 0 fully saturated rings. The maximum atomic E-state index is 12.8. The maximum Gasteiger partial charge on any atom is 0.306 e. The second-order valence-electron chi connectivity index (χ2n) is 21.6. The lowest BCUT2D eigenvalue weighted by Crippen LogP contribution is -2.30. The first-order chi connectivity index (χ1) is 38.5. The van der Waals surface area contributed by atoms with Crippen molar-refractivity contribution in [3.63, 3.8) is 0 Å². The van der Waals surface area contributed by atoms with Crippen LogP contribution >= 0.6 is 0 Å². The van der Waals surface area contributed by atoms with Gasteiger partial charge in [0.15, 0.2) is 6.10 Å². The second-order valence-corrected chi connectivity index (χ2v) is 21.6. The number of ether oxygens (including phenoxy) is 3. The van der Waals surface area contributed by atoms with Crippen molar-refractivity contribution < 1.29 is 28.6 Å². The molecule has 78 heavy (non-hydrogen) atoms. The van der Waals surface area contributed by atoms with E-state index in [1.807, 2.05) is 0 Å². The zero-order valence-electron chi connectivity index (χ0n) is 51.2. The summed E-state index contributed by atoms with van der Waals surface area (Å²) in [5.41, 5.74) is 0. The summed E-state index contributed by atoms with van der Waals surface area (Å²) in [7, 11) is 0. The Morgan fingerprint density at radius 2 is 0.500 bits per heavy atom. The van der Waals surface area contributed by atoms with Gasteiger partial charge in [-0.05, 0) is 103 Å². The van der Waals surface area contributed by atoms with Crippen LogP contribution in [0.2, 0.25) is 0 Å². The van der Waals surface area contributed by atoms with Crippen LogP contribution < -0.4 is 0 Å².